The SMILES string of the molecule is CC(N=C([N-]C(N)c1ccccc1)c1ccc2c(c1)oc1ccccc12)c1cccc2oc3c(-n4c5ccccc5c5ccccc54)cccc3c12. The molecule has 3 heterocycles. The summed E-state index contributed by atoms with van der Waals surface area (Å²) in [5.74, 6) is 0.557. The molecule has 10 aromatic rings. The minimum absolute atomic E-state index is 0.283. The van der Waals surface area contributed by atoms with Crippen LogP contribution in [0.4, 0.5) is 0 Å². The van der Waals surface area contributed by atoms with E-state index in [1.54, 1.807) is 0 Å². The quantitative estimate of drug-likeness (QED) is 0.141. The number of nitrogens with zero attached hydrogens (tertiary/aromatic N) is 3. The van der Waals surface area contributed by atoms with Crippen LogP contribution in [0, 0.1) is 0 Å². The Kier molecular flexibility index (Phi) is 6.98. The topological polar surface area (TPSA) is 83.7 Å². The molecular weight excluding hydrogens is 641 g/mol. The van der Waals surface area contributed by atoms with Crippen molar-refractivity contribution in [3.8, 4) is 5.69 Å². The first-order valence-corrected chi connectivity index (χ1v) is 17.6. The molecule has 2 unspecified atom stereocenters. The normalized spacial score (nSPS) is 13.5. The van der Waals surface area contributed by atoms with E-state index >= 15 is 0 Å². The van der Waals surface area contributed by atoms with Gasteiger partial charge in [0, 0.05) is 38.5 Å². The second-order valence-electron chi connectivity index (χ2n) is 13.3. The maximum atomic E-state index is 6.76. The Morgan fingerprint density at radius 2 is 1.23 bits per heavy atom. The lowest BCUT2D eigenvalue weighted by atomic mass is 10.0. The Bertz CT molecular complexity index is 2930. The fourth-order valence-corrected chi connectivity index (χ4v) is 7.72. The fraction of sp³-hybridized carbons (Fsp3) is 0.0652. The van der Waals surface area contributed by atoms with Crippen LogP contribution >= 0.6 is 0 Å². The van der Waals surface area contributed by atoms with Crippen LogP contribution in [0.1, 0.15) is 35.8 Å². The second kappa shape index (κ2) is 12.0. The molecule has 7 aromatic carbocycles. The first-order chi connectivity index (χ1) is 25.6. The molecule has 0 radical (unpaired) electrons. The van der Waals surface area contributed by atoms with Crippen molar-refractivity contribution in [2.45, 2.75) is 19.1 Å². The molecule has 0 aliphatic carbocycles. The fourth-order valence-electron chi connectivity index (χ4n) is 7.72. The molecule has 0 fully saturated rings. The van der Waals surface area contributed by atoms with E-state index in [4.69, 9.17) is 24.9 Å². The highest BCUT2D eigenvalue weighted by molar-refractivity contribution is 6.15. The number of rotatable bonds is 6. The van der Waals surface area contributed by atoms with Crippen molar-refractivity contribution in [2.24, 2.45) is 10.7 Å². The van der Waals surface area contributed by atoms with Crippen molar-refractivity contribution in [1.82, 2.24) is 4.57 Å². The molecule has 3 aromatic heterocycles. The zero-order chi connectivity index (χ0) is 34.8. The van der Waals surface area contributed by atoms with Gasteiger partial charge in [-0.2, -0.15) is 0 Å². The van der Waals surface area contributed by atoms with Crippen LogP contribution < -0.4 is 5.73 Å². The molecule has 6 heteroatoms. The van der Waals surface area contributed by atoms with E-state index in [2.05, 4.69) is 102 Å². The van der Waals surface area contributed by atoms with Crippen molar-refractivity contribution in [2.75, 3.05) is 0 Å². The molecule has 0 aliphatic rings. The zero-order valence-corrected chi connectivity index (χ0v) is 28.4. The van der Waals surface area contributed by atoms with E-state index in [-0.39, 0.29) is 6.04 Å². The van der Waals surface area contributed by atoms with Crippen LogP contribution in [0.2, 0.25) is 0 Å². The average Bonchev–Trinajstić information content (AvgIpc) is 3.87. The number of para-hydroxylation sites is 4. The van der Waals surface area contributed by atoms with Crippen LogP contribution in [-0.2, 0) is 0 Å². The molecule has 250 valence electrons. The number of aliphatic imine (C=N–C) groups is 1. The van der Waals surface area contributed by atoms with Crippen LogP contribution in [0.25, 0.3) is 76.7 Å². The zero-order valence-electron chi connectivity index (χ0n) is 28.4. The van der Waals surface area contributed by atoms with Gasteiger partial charge in [0.15, 0.2) is 5.58 Å². The largest absolute Gasteiger partial charge is 0.457 e. The molecule has 0 saturated carbocycles. The van der Waals surface area contributed by atoms with Gasteiger partial charge in [0.25, 0.3) is 0 Å². The van der Waals surface area contributed by atoms with Gasteiger partial charge in [0.05, 0.1) is 16.7 Å². The van der Waals surface area contributed by atoms with Crippen molar-refractivity contribution >= 4 is 71.5 Å². The predicted octanol–water partition coefficient (Wildman–Crippen LogP) is 12.1. The smallest absolute Gasteiger partial charge is 0.159 e. The summed E-state index contributed by atoms with van der Waals surface area (Å²) in [6.07, 6.45) is -0.599. The third kappa shape index (κ3) is 4.80. The van der Waals surface area contributed by atoms with E-state index in [9.17, 15) is 0 Å². The van der Waals surface area contributed by atoms with E-state index in [1.807, 2.05) is 66.7 Å². The summed E-state index contributed by atoms with van der Waals surface area (Å²) in [5.41, 5.74) is 16.1. The number of furan rings is 2. The van der Waals surface area contributed by atoms with Crippen LogP contribution in [0.5, 0.6) is 0 Å². The number of aromatic nitrogens is 1. The van der Waals surface area contributed by atoms with Crippen LogP contribution in [0.15, 0.2) is 172 Å². The number of benzene rings is 7. The van der Waals surface area contributed by atoms with Crippen molar-refractivity contribution < 1.29 is 8.83 Å². The monoisotopic (exact) mass is 673 g/mol. The van der Waals surface area contributed by atoms with Gasteiger partial charge in [-0.25, -0.2) is 0 Å². The number of hydrogen-bond donors (Lipinski definition) is 1. The summed E-state index contributed by atoms with van der Waals surface area (Å²) in [6, 6.07) is 53.6. The highest BCUT2D eigenvalue weighted by Crippen LogP contribution is 2.41. The third-order valence-corrected chi connectivity index (χ3v) is 10.2. The van der Waals surface area contributed by atoms with Crippen LogP contribution in [-0.4, -0.2) is 10.4 Å². The van der Waals surface area contributed by atoms with Crippen LogP contribution in [0.3, 0.4) is 0 Å². The number of fused-ring (bicyclic) bond motifs is 9. The van der Waals surface area contributed by atoms with Gasteiger partial charge in [0.1, 0.15) is 16.7 Å². The van der Waals surface area contributed by atoms with Gasteiger partial charge < -0.3 is 29.4 Å². The first-order valence-electron chi connectivity index (χ1n) is 17.6. The van der Waals surface area contributed by atoms with Gasteiger partial charge in [-0.15, -0.1) is 0 Å². The summed E-state index contributed by atoms with van der Waals surface area (Å²) < 4.78 is 15.3. The molecule has 2 N–H and O–H groups in total. The summed E-state index contributed by atoms with van der Waals surface area (Å²) >= 11 is 0. The number of amidine groups is 1. The Morgan fingerprint density at radius 1 is 0.596 bits per heavy atom. The summed E-state index contributed by atoms with van der Waals surface area (Å²) in [7, 11) is 0. The average molecular weight is 674 g/mol. The highest BCUT2D eigenvalue weighted by atomic mass is 16.3. The third-order valence-electron chi connectivity index (χ3n) is 10.2. The molecule has 10 rings (SSSR count). The van der Waals surface area contributed by atoms with E-state index in [0.29, 0.717) is 5.84 Å². The molecule has 0 saturated heterocycles. The van der Waals surface area contributed by atoms with Gasteiger partial charge in [0.2, 0.25) is 0 Å². The first kappa shape index (κ1) is 30.2. The molecule has 0 bridgehead atoms. The van der Waals surface area contributed by atoms with Crippen molar-refractivity contribution in [3.63, 3.8) is 0 Å². The van der Waals surface area contributed by atoms with Gasteiger partial charge >= 0.3 is 0 Å². The molecule has 6 nitrogen and oxygen atoms in total. The van der Waals surface area contributed by atoms with Gasteiger partial charge in [-0.3, -0.25) is 0 Å². The van der Waals surface area contributed by atoms with Gasteiger partial charge in [-0.1, -0.05) is 128 Å². The minimum atomic E-state index is -0.599. The van der Waals surface area contributed by atoms with E-state index in [0.717, 1.165) is 77.3 Å². The maximum absolute atomic E-state index is 6.76. The molecule has 2 atom stereocenters. The lowest BCUT2D eigenvalue weighted by Gasteiger charge is -2.28. The lowest BCUT2D eigenvalue weighted by molar-refractivity contribution is 0.665. The van der Waals surface area contributed by atoms with Gasteiger partial charge in [-0.05, 0) is 65.2 Å². The standard InChI is InChI=1S/C46H33N4O2/c1-28(48-46(49-45(47)29-13-3-2-4-14-29)30-25-26-35-34-17-7-10-23-40(34)51-42(35)27-30)31-18-12-24-41-43(31)36-19-11-22-39(44(36)52-41)50-37-20-8-5-15-32(37)33-16-6-9-21-38(33)50/h2-28,45H,47H2,1H3/q-1. The number of nitrogens with two attached hydrogens (primary N) is 1. The molecule has 0 spiro atoms. The summed E-state index contributed by atoms with van der Waals surface area (Å²) in [5, 5.41) is 11.7. The maximum Gasteiger partial charge on any atom is 0.159 e. The summed E-state index contributed by atoms with van der Waals surface area (Å²) in [6.45, 7) is 2.10. The Labute approximate surface area is 299 Å². The Hall–Kier alpha value is -6.63. The van der Waals surface area contributed by atoms with E-state index in [1.165, 1.54) is 10.8 Å². The highest BCUT2D eigenvalue weighted by Gasteiger charge is 2.19. The summed E-state index contributed by atoms with van der Waals surface area (Å²) in [4.78, 5) is 5.32. The van der Waals surface area contributed by atoms with Crippen molar-refractivity contribution in [1.29, 1.82) is 0 Å². The predicted molar refractivity (Wildman–Crippen MR) is 213 cm³/mol. The lowest BCUT2D eigenvalue weighted by Crippen LogP contribution is -2.15. The van der Waals surface area contributed by atoms with Crippen molar-refractivity contribution in [3.05, 3.63) is 180 Å². The second-order valence-corrected chi connectivity index (χ2v) is 13.3. The molecule has 0 amide bonds. The number of hydrogen-bond acceptors (Lipinski definition) is 4. The van der Waals surface area contributed by atoms with E-state index < -0.39 is 6.17 Å². The molecule has 52 heavy (non-hydrogen) atoms. The Balaban J connectivity index is 1.13. The minimum Gasteiger partial charge on any atom is -0.457 e. The molecular formula is C46H33N4O2-. The Morgan fingerprint density at radius 3 is 2.02 bits per heavy atom. The molecule has 0 aliphatic heterocycles.